The van der Waals surface area contributed by atoms with Gasteiger partial charge in [-0.05, 0) is 68.9 Å². The third kappa shape index (κ3) is 5.69. The summed E-state index contributed by atoms with van der Waals surface area (Å²) in [4.78, 5) is 18.8. The number of hydrogen-bond donors (Lipinski definition) is 1. The minimum absolute atomic E-state index is 0.00682. The molecule has 8 nitrogen and oxygen atoms in total. The first-order chi connectivity index (χ1) is 17.0. The topological polar surface area (TPSA) is 118 Å². The molecular formula is C27H31N5O3. The van der Waals surface area contributed by atoms with Crippen LogP contribution in [0.3, 0.4) is 0 Å². The highest BCUT2D eigenvalue weighted by atomic mass is 16.5. The van der Waals surface area contributed by atoms with Gasteiger partial charge >= 0.3 is 0 Å². The Morgan fingerprint density at radius 2 is 2.06 bits per heavy atom. The predicted molar refractivity (Wildman–Crippen MR) is 133 cm³/mol. The molecule has 0 atom stereocenters. The third-order valence-corrected chi connectivity index (χ3v) is 6.18. The summed E-state index contributed by atoms with van der Waals surface area (Å²) in [5, 5.41) is 13.8. The summed E-state index contributed by atoms with van der Waals surface area (Å²) in [5.41, 5.74) is 10.0. The van der Waals surface area contributed by atoms with Crippen molar-refractivity contribution in [3.8, 4) is 34.7 Å². The lowest BCUT2D eigenvalue weighted by Gasteiger charge is -2.24. The van der Waals surface area contributed by atoms with Crippen LogP contribution < -0.4 is 10.5 Å². The number of nitriles is 1. The molecule has 0 aliphatic carbocycles. The number of rotatable bonds is 5. The van der Waals surface area contributed by atoms with Gasteiger partial charge in [0.15, 0.2) is 0 Å². The van der Waals surface area contributed by atoms with Crippen LogP contribution in [0.4, 0.5) is 0 Å². The average molecular weight is 474 g/mol. The fourth-order valence-electron chi connectivity index (χ4n) is 4.46. The monoisotopic (exact) mass is 473 g/mol. The Labute approximate surface area is 205 Å². The van der Waals surface area contributed by atoms with Gasteiger partial charge in [-0.15, -0.1) is 0 Å². The summed E-state index contributed by atoms with van der Waals surface area (Å²) < 4.78 is 11.3. The second kappa shape index (κ2) is 11.2. The van der Waals surface area contributed by atoms with Crippen LogP contribution in [-0.2, 0) is 17.6 Å². The quantitative estimate of drug-likeness (QED) is 0.592. The Hall–Kier alpha value is -3.70. The van der Waals surface area contributed by atoms with Crippen molar-refractivity contribution in [2.75, 3.05) is 19.6 Å². The molecule has 0 radical (unpaired) electrons. The number of carbonyl (C=O) groups is 1. The van der Waals surface area contributed by atoms with Gasteiger partial charge in [0.25, 0.3) is 5.89 Å². The van der Waals surface area contributed by atoms with E-state index in [9.17, 15) is 10.1 Å². The maximum absolute atomic E-state index is 12.2. The molecule has 3 aromatic rings. The van der Waals surface area contributed by atoms with Crippen molar-refractivity contribution >= 4 is 5.91 Å². The predicted octanol–water partition coefficient (Wildman–Crippen LogP) is 4.12. The molecule has 0 saturated heterocycles. The minimum Gasteiger partial charge on any atom is -0.490 e. The molecule has 2 aromatic carbocycles. The number of fused-ring (bicyclic) bond motifs is 1. The fraction of sp³-hybridized carbons (Fsp3) is 0.407. The molecule has 1 aliphatic heterocycles. The molecule has 1 aromatic heterocycles. The maximum Gasteiger partial charge on any atom is 0.258 e. The van der Waals surface area contributed by atoms with Gasteiger partial charge in [0.1, 0.15) is 11.8 Å². The molecule has 0 fully saturated rings. The normalized spacial score (nSPS) is 14.3. The van der Waals surface area contributed by atoms with Crippen molar-refractivity contribution < 1.29 is 14.1 Å². The first-order valence-corrected chi connectivity index (χ1v) is 12.1. The molecule has 0 saturated carbocycles. The van der Waals surface area contributed by atoms with E-state index < -0.39 is 0 Å². The van der Waals surface area contributed by atoms with Crippen LogP contribution in [0.1, 0.15) is 49.8 Å². The molecule has 35 heavy (non-hydrogen) atoms. The van der Waals surface area contributed by atoms with Gasteiger partial charge in [0.2, 0.25) is 11.7 Å². The van der Waals surface area contributed by atoms with Crippen LogP contribution >= 0.6 is 0 Å². The first kappa shape index (κ1) is 24.4. The zero-order chi connectivity index (χ0) is 24.8. The van der Waals surface area contributed by atoms with Crippen LogP contribution in [0.25, 0.3) is 22.8 Å². The van der Waals surface area contributed by atoms with Gasteiger partial charge in [-0.1, -0.05) is 29.8 Å². The molecule has 0 unspecified atom stereocenters. The molecule has 1 aliphatic rings. The second-order valence-corrected chi connectivity index (χ2v) is 9.00. The molecule has 182 valence electrons. The molecule has 2 heterocycles. The molecule has 0 spiro atoms. The van der Waals surface area contributed by atoms with E-state index >= 15 is 0 Å². The number of amides is 1. The number of carbonyl (C=O) groups excluding carboxylic acids is 1. The number of nitrogens with zero attached hydrogens (tertiary/aromatic N) is 4. The SMILES string of the molecule is CC(C)Oc1ccc(-c2nc(-c3cccc4c3CCCCCN(C(=O)CN)CC4)no2)cc1C#N. The number of hydrogen-bond acceptors (Lipinski definition) is 7. The number of benzene rings is 2. The average Bonchev–Trinajstić information content (AvgIpc) is 3.36. The van der Waals surface area contributed by atoms with Crippen LogP contribution in [0, 0.1) is 11.3 Å². The van der Waals surface area contributed by atoms with Crippen molar-refractivity contribution in [1.82, 2.24) is 15.0 Å². The van der Waals surface area contributed by atoms with Gasteiger partial charge in [-0.3, -0.25) is 4.79 Å². The lowest BCUT2D eigenvalue weighted by atomic mass is 9.93. The van der Waals surface area contributed by atoms with E-state index in [2.05, 4.69) is 22.3 Å². The van der Waals surface area contributed by atoms with E-state index in [0.29, 0.717) is 35.1 Å². The summed E-state index contributed by atoms with van der Waals surface area (Å²) in [5.74, 6) is 1.40. The van der Waals surface area contributed by atoms with Crippen molar-refractivity contribution in [3.63, 3.8) is 0 Å². The Bertz CT molecular complexity index is 1230. The van der Waals surface area contributed by atoms with Gasteiger partial charge in [-0.2, -0.15) is 10.2 Å². The number of ether oxygens (including phenoxy) is 1. The van der Waals surface area contributed by atoms with Gasteiger partial charge < -0.3 is 19.9 Å². The zero-order valence-corrected chi connectivity index (χ0v) is 20.3. The Morgan fingerprint density at radius 1 is 1.20 bits per heavy atom. The van der Waals surface area contributed by atoms with Crippen molar-refractivity contribution in [2.45, 2.75) is 52.1 Å². The Kier molecular flexibility index (Phi) is 7.78. The highest BCUT2D eigenvalue weighted by Gasteiger charge is 2.20. The molecular weight excluding hydrogens is 442 g/mol. The smallest absolute Gasteiger partial charge is 0.258 e. The number of nitrogens with two attached hydrogens (primary N) is 1. The van der Waals surface area contributed by atoms with E-state index in [1.54, 1.807) is 12.1 Å². The fourth-order valence-corrected chi connectivity index (χ4v) is 4.46. The minimum atomic E-state index is -0.0329. The molecule has 0 bridgehead atoms. The summed E-state index contributed by atoms with van der Waals surface area (Å²) in [6.07, 6.45) is 4.65. The van der Waals surface area contributed by atoms with Gasteiger partial charge in [0, 0.05) is 24.2 Å². The maximum atomic E-state index is 12.2. The summed E-state index contributed by atoms with van der Waals surface area (Å²) in [7, 11) is 0. The lowest BCUT2D eigenvalue weighted by molar-refractivity contribution is -0.129. The van der Waals surface area contributed by atoms with Crippen LogP contribution in [-0.4, -0.2) is 46.7 Å². The first-order valence-electron chi connectivity index (χ1n) is 12.1. The second-order valence-electron chi connectivity index (χ2n) is 9.00. The van der Waals surface area contributed by atoms with Gasteiger partial charge in [0.05, 0.1) is 18.2 Å². The Balaban J connectivity index is 1.64. The van der Waals surface area contributed by atoms with E-state index in [0.717, 1.165) is 44.2 Å². The van der Waals surface area contributed by atoms with Gasteiger partial charge in [-0.25, -0.2) is 0 Å². The Morgan fingerprint density at radius 3 is 2.83 bits per heavy atom. The van der Waals surface area contributed by atoms with E-state index in [1.165, 1.54) is 11.1 Å². The third-order valence-electron chi connectivity index (χ3n) is 6.18. The van der Waals surface area contributed by atoms with Crippen LogP contribution in [0.5, 0.6) is 5.75 Å². The molecule has 2 N–H and O–H groups in total. The largest absolute Gasteiger partial charge is 0.490 e. The van der Waals surface area contributed by atoms with Crippen molar-refractivity contribution in [3.05, 3.63) is 53.1 Å². The van der Waals surface area contributed by atoms with Crippen LogP contribution in [0.2, 0.25) is 0 Å². The van der Waals surface area contributed by atoms with E-state index in [1.807, 2.05) is 36.9 Å². The van der Waals surface area contributed by atoms with Crippen molar-refractivity contribution in [2.24, 2.45) is 5.73 Å². The van der Waals surface area contributed by atoms with Crippen LogP contribution in [0.15, 0.2) is 40.9 Å². The van der Waals surface area contributed by atoms with E-state index in [4.69, 9.17) is 15.0 Å². The molecule has 4 rings (SSSR count). The highest BCUT2D eigenvalue weighted by Crippen LogP contribution is 2.31. The molecule has 1 amide bonds. The summed E-state index contributed by atoms with van der Waals surface area (Å²) in [6.45, 7) is 5.27. The summed E-state index contributed by atoms with van der Waals surface area (Å²) >= 11 is 0. The van der Waals surface area contributed by atoms with E-state index in [-0.39, 0.29) is 18.6 Å². The molecule has 8 heteroatoms. The number of aromatic nitrogens is 2. The zero-order valence-electron chi connectivity index (χ0n) is 20.3. The van der Waals surface area contributed by atoms with Crippen molar-refractivity contribution in [1.29, 1.82) is 5.26 Å². The lowest BCUT2D eigenvalue weighted by Crippen LogP contribution is -2.38. The summed E-state index contributed by atoms with van der Waals surface area (Å²) in [6, 6.07) is 13.6. The standard InChI is InChI=1S/C27H31N5O3/c1-18(2)34-24-11-10-20(15-21(24)16-28)27-30-26(31-35-27)23-9-6-7-19-12-14-32(25(33)17-29)13-5-3-4-8-22(19)23/h6-7,9-11,15,18H,3-5,8,12-14,17,29H2,1-2H3. The highest BCUT2D eigenvalue weighted by molar-refractivity contribution is 5.78.